The molecule has 0 unspecified atom stereocenters. The quantitative estimate of drug-likeness (QED) is 0.506. The molecule has 2 aromatic heterocycles. The number of nitrogens with one attached hydrogen (secondary N) is 1. The van der Waals surface area contributed by atoms with Crippen molar-refractivity contribution >= 4 is 16.7 Å². The lowest BCUT2D eigenvalue weighted by molar-refractivity contribution is 0.419. The summed E-state index contributed by atoms with van der Waals surface area (Å²) in [5.74, 6) is 1.10. The maximum absolute atomic E-state index is 13.7. The number of hydrogen-bond acceptors (Lipinski definition) is 5. The second-order valence-corrected chi connectivity index (χ2v) is 6.34. The zero-order valence-corrected chi connectivity index (χ0v) is 15.7. The zero-order chi connectivity index (χ0) is 20.2. The normalized spacial score (nSPS) is 10.9. The minimum absolute atomic E-state index is 0.102. The predicted octanol–water partition coefficient (Wildman–Crippen LogP) is 4.89. The smallest absolute Gasteiger partial charge is 0.163 e. The highest BCUT2D eigenvalue weighted by Crippen LogP contribution is 2.36. The van der Waals surface area contributed by atoms with Crippen molar-refractivity contribution < 1.29 is 13.5 Å². The van der Waals surface area contributed by atoms with E-state index >= 15 is 0 Å². The average molecular weight is 392 g/mol. The highest BCUT2D eigenvalue weighted by atomic mass is 19.1. The standard InChI is InChI=1S/C22H18F2N4O/c1-29-19-12-16(14-4-2-6-17(24)10-14)11-18-20(19)27-21(15-5-3-8-25-13-15)28-22(18)26-9-7-23/h2-6,8,10-13H,7,9H2,1H3,(H,26,27,28). The Hall–Kier alpha value is -3.61. The summed E-state index contributed by atoms with van der Waals surface area (Å²) in [6, 6.07) is 13.6. The van der Waals surface area contributed by atoms with Crippen LogP contribution < -0.4 is 10.1 Å². The lowest BCUT2D eigenvalue weighted by atomic mass is 10.0. The Bertz CT molecular complexity index is 1150. The van der Waals surface area contributed by atoms with Crippen molar-refractivity contribution in [3.63, 3.8) is 0 Å². The van der Waals surface area contributed by atoms with Crippen LogP contribution in [0.15, 0.2) is 60.9 Å². The van der Waals surface area contributed by atoms with Crippen molar-refractivity contribution in [1.82, 2.24) is 15.0 Å². The van der Waals surface area contributed by atoms with Gasteiger partial charge in [-0.25, -0.2) is 18.7 Å². The molecule has 0 aliphatic heterocycles. The van der Waals surface area contributed by atoms with E-state index in [9.17, 15) is 8.78 Å². The summed E-state index contributed by atoms with van der Waals surface area (Å²) in [4.78, 5) is 13.3. The van der Waals surface area contributed by atoms with Crippen LogP contribution >= 0.6 is 0 Å². The van der Waals surface area contributed by atoms with Crippen LogP contribution in [0.25, 0.3) is 33.4 Å². The van der Waals surface area contributed by atoms with Gasteiger partial charge in [0.15, 0.2) is 5.82 Å². The van der Waals surface area contributed by atoms with E-state index in [0.29, 0.717) is 33.9 Å². The maximum atomic E-state index is 13.7. The van der Waals surface area contributed by atoms with E-state index < -0.39 is 6.67 Å². The number of benzene rings is 2. The van der Waals surface area contributed by atoms with Gasteiger partial charge in [-0.15, -0.1) is 0 Å². The predicted molar refractivity (Wildman–Crippen MR) is 109 cm³/mol. The van der Waals surface area contributed by atoms with Gasteiger partial charge < -0.3 is 10.1 Å². The molecule has 0 radical (unpaired) electrons. The molecule has 7 heteroatoms. The molecule has 0 aliphatic carbocycles. The first-order valence-electron chi connectivity index (χ1n) is 9.05. The molecule has 146 valence electrons. The number of alkyl halides is 1. The van der Waals surface area contributed by atoms with Gasteiger partial charge in [0.1, 0.15) is 29.6 Å². The van der Waals surface area contributed by atoms with Crippen LogP contribution in [0.2, 0.25) is 0 Å². The number of hydrogen-bond donors (Lipinski definition) is 1. The summed E-state index contributed by atoms with van der Waals surface area (Å²) < 4.78 is 32.1. The fraction of sp³-hybridized carbons (Fsp3) is 0.136. The Balaban J connectivity index is 1.96. The highest BCUT2D eigenvalue weighted by molar-refractivity contribution is 5.97. The molecule has 0 aliphatic rings. The van der Waals surface area contributed by atoms with Gasteiger partial charge in [-0.2, -0.15) is 0 Å². The maximum Gasteiger partial charge on any atom is 0.163 e. The Morgan fingerprint density at radius 3 is 2.59 bits per heavy atom. The van der Waals surface area contributed by atoms with E-state index in [2.05, 4.69) is 20.3 Å². The second kappa shape index (κ2) is 8.18. The van der Waals surface area contributed by atoms with E-state index in [4.69, 9.17) is 4.74 Å². The number of ether oxygens (including phenoxy) is 1. The molecule has 0 fully saturated rings. The molecular weight excluding hydrogens is 374 g/mol. The Labute approximate surface area is 166 Å². The number of methoxy groups -OCH3 is 1. The molecule has 1 N–H and O–H groups in total. The van der Waals surface area contributed by atoms with Gasteiger partial charge in [-0.3, -0.25) is 4.98 Å². The van der Waals surface area contributed by atoms with Crippen LogP contribution in [0.5, 0.6) is 5.75 Å². The molecule has 0 amide bonds. The van der Waals surface area contributed by atoms with Crippen molar-refractivity contribution in [3.8, 4) is 28.3 Å². The number of fused-ring (bicyclic) bond motifs is 1. The minimum atomic E-state index is -0.547. The van der Waals surface area contributed by atoms with Gasteiger partial charge in [-0.1, -0.05) is 12.1 Å². The molecule has 0 bridgehead atoms. The Kier molecular flexibility index (Phi) is 5.29. The monoisotopic (exact) mass is 392 g/mol. The van der Waals surface area contributed by atoms with Gasteiger partial charge >= 0.3 is 0 Å². The molecule has 29 heavy (non-hydrogen) atoms. The molecule has 4 aromatic rings. The molecule has 2 aromatic carbocycles. The number of rotatable bonds is 6. The first-order chi connectivity index (χ1) is 14.2. The second-order valence-electron chi connectivity index (χ2n) is 6.34. The van der Waals surface area contributed by atoms with Crippen LogP contribution in [0.1, 0.15) is 0 Å². The third kappa shape index (κ3) is 3.85. The SMILES string of the molecule is COc1cc(-c2cccc(F)c2)cc2c(NCCF)nc(-c3cccnc3)nc12. The number of nitrogens with zero attached hydrogens (tertiary/aromatic N) is 3. The fourth-order valence-electron chi connectivity index (χ4n) is 3.12. The van der Waals surface area contributed by atoms with Crippen LogP contribution in [-0.2, 0) is 0 Å². The largest absolute Gasteiger partial charge is 0.494 e. The van der Waals surface area contributed by atoms with Gasteiger partial charge in [-0.05, 0) is 47.5 Å². The van der Waals surface area contributed by atoms with Gasteiger partial charge in [0, 0.05) is 29.9 Å². The number of pyridine rings is 1. The van der Waals surface area contributed by atoms with Crippen LogP contribution in [0, 0.1) is 5.82 Å². The molecule has 5 nitrogen and oxygen atoms in total. The third-order valence-electron chi connectivity index (χ3n) is 4.45. The van der Waals surface area contributed by atoms with Crippen molar-refractivity contribution in [2.45, 2.75) is 0 Å². The lowest BCUT2D eigenvalue weighted by Gasteiger charge is -2.14. The third-order valence-corrected chi connectivity index (χ3v) is 4.45. The topological polar surface area (TPSA) is 59.9 Å². The highest BCUT2D eigenvalue weighted by Gasteiger charge is 2.15. The zero-order valence-electron chi connectivity index (χ0n) is 15.7. The first-order valence-corrected chi connectivity index (χ1v) is 9.05. The van der Waals surface area contributed by atoms with E-state index in [0.717, 1.165) is 11.1 Å². The molecule has 4 rings (SSSR count). The fourth-order valence-corrected chi connectivity index (χ4v) is 3.12. The minimum Gasteiger partial charge on any atom is -0.494 e. The molecule has 0 saturated heterocycles. The summed E-state index contributed by atoms with van der Waals surface area (Å²) in [7, 11) is 1.55. The molecule has 0 saturated carbocycles. The summed E-state index contributed by atoms with van der Waals surface area (Å²) in [5, 5.41) is 3.67. The average Bonchev–Trinajstić information content (AvgIpc) is 2.77. The first kappa shape index (κ1) is 18.7. The summed E-state index contributed by atoms with van der Waals surface area (Å²) in [6.07, 6.45) is 3.33. The van der Waals surface area contributed by atoms with Crippen molar-refractivity contribution in [2.24, 2.45) is 0 Å². The summed E-state index contributed by atoms with van der Waals surface area (Å²) in [5.41, 5.74) is 2.74. The van der Waals surface area contributed by atoms with Gasteiger partial charge in [0.05, 0.1) is 7.11 Å². The molecule has 2 heterocycles. The number of anilines is 1. The lowest BCUT2D eigenvalue weighted by Crippen LogP contribution is -2.07. The van der Waals surface area contributed by atoms with Crippen molar-refractivity contribution in [3.05, 3.63) is 66.7 Å². The number of aromatic nitrogens is 3. The summed E-state index contributed by atoms with van der Waals surface area (Å²) >= 11 is 0. The van der Waals surface area contributed by atoms with Crippen LogP contribution in [0.4, 0.5) is 14.6 Å². The van der Waals surface area contributed by atoms with Crippen LogP contribution in [-0.4, -0.2) is 35.3 Å². The number of halogens is 2. The van der Waals surface area contributed by atoms with Gasteiger partial charge in [0.25, 0.3) is 0 Å². The van der Waals surface area contributed by atoms with Crippen LogP contribution in [0.3, 0.4) is 0 Å². The van der Waals surface area contributed by atoms with E-state index in [1.807, 2.05) is 18.2 Å². The molecule has 0 atom stereocenters. The summed E-state index contributed by atoms with van der Waals surface area (Å²) in [6.45, 7) is -0.445. The van der Waals surface area contributed by atoms with E-state index in [-0.39, 0.29) is 12.4 Å². The van der Waals surface area contributed by atoms with Gasteiger partial charge in [0.2, 0.25) is 0 Å². The van der Waals surface area contributed by atoms with Crippen molar-refractivity contribution in [2.75, 3.05) is 25.6 Å². The van der Waals surface area contributed by atoms with Crippen molar-refractivity contribution in [1.29, 1.82) is 0 Å². The Morgan fingerprint density at radius 1 is 1.00 bits per heavy atom. The Morgan fingerprint density at radius 2 is 1.86 bits per heavy atom. The van der Waals surface area contributed by atoms with E-state index in [1.165, 1.54) is 12.1 Å². The van der Waals surface area contributed by atoms with E-state index in [1.54, 1.807) is 37.7 Å². The molecule has 0 spiro atoms. The molecular formula is C22H18F2N4O.